The smallest absolute Gasteiger partial charge is 0.195 e. The standard InChI is InChI=1S/C11H17NO2.C2H6/c1-4-11(13-2,14-3)9-7-5-6-8-10(9)12;1-2/h5-8H,4,12H2,1-3H3;1-2H3. The van der Waals surface area contributed by atoms with E-state index in [1.807, 2.05) is 45.0 Å². The van der Waals surface area contributed by atoms with Gasteiger partial charge < -0.3 is 15.2 Å². The monoisotopic (exact) mass is 225 g/mol. The lowest BCUT2D eigenvalue weighted by atomic mass is 10.0. The van der Waals surface area contributed by atoms with Crippen molar-refractivity contribution in [2.24, 2.45) is 0 Å². The van der Waals surface area contributed by atoms with E-state index in [4.69, 9.17) is 15.2 Å². The van der Waals surface area contributed by atoms with Crippen molar-refractivity contribution in [3.05, 3.63) is 29.8 Å². The van der Waals surface area contributed by atoms with Gasteiger partial charge in [0.15, 0.2) is 5.79 Å². The van der Waals surface area contributed by atoms with Crippen LogP contribution >= 0.6 is 0 Å². The summed E-state index contributed by atoms with van der Waals surface area (Å²) in [6.45, 7) is 6.00. The Balaban J connectivity index is 0.00000106. The third-order valence-corrected chi connectivity index (χ3v) is 2.50. The van der Waals surface area contributed by atoms with Gasteiger partial charge in [0.2, 0.25) is 0 Å². The highest BCUT2D eigenvalue weighted by molar-refractivity contribution is 5.48. The van der Waals surface area contributed by atoms with Crippen LogP contribution in [0, 0.1) is 0 Å². The van der Waals surface area contributed by atoms with Crippen molar-refractivity contribution in [2.75, 3.05) is 20.0 Å². The van der Waals surface area contributed by atoms with Crippen LogP contribution in [-0.4, -0.2) is 14.2 Å². The molecule has 1 rings (SSSR count). The van der Waals surface area contributed by atoms with Gasteiger partial charge in [-0.15, -0.1) is 0 Å². The minimum absolute atomic E-state index is 0.693. The molecule has 1 aromatic carbocycles. The topological polar surface area (TPSA) is 44.5 Å². The molecular weight excluding hydrogens is 202 g/mol. The lowest BCUT2D eigenvalue weighted by molar-refractivity contribution is -0.217. The molecule has 0 aromatic heterocycles. The average molecular weight is 225 g/mol. The van der Waals surface area contributed by atoms with Crippen molar-refractivity contribution in [1.82, 2.24) is 0 Å². The van der Waals surface area contributed by atoms with Crippen molar-refractivity contribution >= 4 is 5.69 Å². The van der Waals surface area contributed by atoms with Gasteiger partial charge >= 0.3 is 0 Å². The largest absolute Gasteiger partial charge is 0.398 e. The summed E-state index contributed by atoms with van der Waals surface area (Å²) < 4.78 is 10.8. The number of ether oxygens (including phenoxy) is 2. The maximum atomic E-state index is 5.87. The maximum Gasteiger partial charge on any atom is 0.195 e. The molecule has 0 saturated carbocycles. The highest BCUT2D eigenvalue weighted by atomic mass is 16.7. The Morgan fingerprint density at radius 2 is 1.62 bits per heavy atom. The summed E-state index contributed by atoms with van der Waals surface area (Å²) in [5.74, 6) is -0.717. The molecule has 0 atom stereocenters. The van der Waals surface area contributed by atoms with Gasteiger partial charge in [-0.25, -0.2) is 0 Å². The Morgan fingerprint density at radius 1 is 1.12 bits per heavy atom. The second-order valence-corrected chi connectivity index (χ2v) is 3.10. The molecule has 0 aliphatic carbocycles. The van der Waals surface area contributed by atoms with Gasteiger partial charge in [-0.3, -0.25) is 0 Å². The zero-order valence-corrected chi connectivity index (χ0v) is 10.9. The molecule has 0 amide bonds. The Bertz CT molecular complexity index is 287. The third-order valence-electron chi connectivity index (χ3n) is 2.50. The van der Waals surface area contributed by atoms with Gasteiger partial charge in [-0.2, -0.15) is 0 Å². The Labute approximate surface area is 98.6 Å². The molecule has 2 N–H and O–H groups in total. The summed E-state index contributed by atoms with van der Waals surface area (Å²) in [4.78, 5) is 0. The maximum absolute atomic E-state index is 5.87. The summed E-state index contributed by atoms with van der Waals surface area (Å²) in [6, 6.07) is 7.59. The average Bonchev–Trinajstić information content (AvgIpc) is 2.36. The minimum atomic E-state index is -0.717. The van der Waals surface area contributed by atoms with Gasteiger partial charge in [0.1, 0.15) is 0 Å². The summed E-state index contributed by atoms with van der Waals surface area (Å²) >= 11 is 0. The van der Waals surface area contributed by atoms with E-state index >= 15 is 0 Å². The van der Waals surface area contributed by atoms with Crippen molar-refractivity contribution < 1.29 is 9.47 Å². The van der Waals surface area contributed by atoms with Crippen LogP contribution in [0.2, 0.25) is 0 Å². The number of anilines is 1. The summed E-state index contributed by atoms with van der Waals surface area (Å²) in [5.41, 5.74) is 7.45. The molecule has 0 fully saturated rings. The Kier molecular flexibility index (Phi) is 6.77. The number of hydrogen-bond donors (Lipinski definition) is 1. The second-order valence-electron chi connectivity index (χ2n) is 3.10. The van der Waals surface area contributed by atoms with Crippen LogP contribution in [-0.2, 0) is 15.3 Å². The van der Waals surface area contributed by atoms with E-state index in [1.54, 1.807) is 14.2 Å². The van der Waals surface area contributed by atoms with Crippen LogP contribution in [0.3, 0.4) is 0 Å². The van der Waals surface area contributed by atoms with Crippen molar-refractivity contribution in [3.63, 3.8) is 0 Å². The predicted molar refractivity (Wildman–Crippen MR) is 68.2 cm³/mol. The zero-order chi connectivity index (χ0) is 12.6. The van der Waals surface area contributed by atoms with Gasteiger partial charge in [-0.1, -0.05) is 39.0 Å². The fraction of sp³-hybridized carbons (Fsp3) is 0.538. The first-order chi connectivity index (χ1) is 7.70. The molecule has 16 heavy (non-hydrogen) atoms. The van der Waals surface area contributed by atoms with Gasteiger partial charge in [0.05, 0.1) is 0 Å². The van der Waals surface area contributed by atoms with E-state index in [1.165, 1.54) is 0 Å². The third kappa shape index (κ3) is 2.97. The molecular formula is C13H23NO2. The molecule has 92 valence electrons. The van der Waals surface area contributed by atoms with Gasteiger partial charge in [0.25, 0.3) is 0 Å². The van der Waals surface area contributed by atoms with Crippen LogP contribution in [0.25, 0.3) is 0 Å². The number of benzene rings is 1. The van der Waals surface area contributed by atoms with E-state index < -0.39 is 5.79 Å². The van der Waals surface area contributed by atoms with Crippen molar-refractivity contribution in [2.45, 2.75) is 33.0 Å². The molecule has 3 heteroatoms. The van der Waals surface area contributed by atoms with E-state index in [0.29, 0.717) is 12.1 Å². The van der Waals surface area contributed by atoms with Crippen molar-refractivity contribution in [3.8, 4) is 0 Å². The summed E-state index contributed by atoms with van der Waals surface area (Å²) in [6.07, 6.45) is 0.716. The predicted octanol–water partition coefficient (Wildman–Crippen LogP) is 3.15. The molecule has 0 saturated heterocycles. The highest BCUT2D eigenvalue weighted by Gasteiger charge is 2.31. The molecule has 3 nitrogen and oxygen atoms in total. The first-order valence-electron chi connectivity index (χ1n) is 5.65. The molecule has 1 aromatic rings. The van der Waals surface area contributed by atoms with Crippen LogP contribution in [0.4, 0.5) is 5.69 Å². The molecule has 0 aliphatic heterocycles. The van der Waals surface area contributed by atoms with Crippen LogP contribution in [0.1, 0.15) is 32.8 Å². The van der Waals surface area contributed by atoms with E-state index in [-0.39, 0.29) is 0 Å². The van der Waals surface area contributed by atoms with Crippen LogP contribution in [0.15, 0.2) is 24.3 Å². The molecule has 0 aliphatic rings. The molecule has 0 bridgehead atoms. The lowest BCUT2D eigenvalue weighted by Gasteiger charge is -2.31. The zero-order valence-electron chi connectivity index (χ0n) is 10.9. The Hall–Kier alpha value is -1.06. The first kappa shape index (κ1) is 14.9. The lowest BCUT2D eigenvalue weighted by Crippen LogP contribution is -2.30. The number of nitrogens with two attached hydrogens (primary N) is 1. The fourth-order valence-corrected chi connectivity index (χ4v) is 1.63. The molecule has 0 heterocycles. The summed E-state index contributed by atoms with van der Waals surface area (Å²) in [5, 5.41) is 0. The summed E-state index contributed by atoms with van der Waals surface area (Å²) in [7, 11) is 3.25. The van der Waals surface area contributed by atoms with Crippen LogP contribution in [0.5, 0.6) is 0 Å². The second kappa shape index (κ2) is 7.25. The molecule has 0 unspecified atom stereocenters. The van der Waals surface area contributed by atoms with Crippen LogP contribution < -0.4 is 5.73 Å². The van der Waals surface area contributed by atoms with Gasteiger partial charge in [-0.05, 0) is 6.07 Å². The Morgan fingerprint density at radius 3 is 2.00 bits per heavy atom. The minimum Gasteiger partial charge on any atom is -0.398 e. The number of para-hydroxylation sites is 1. The van der Waals surface area contributed by atoms with Gasteiger partial charge in [0, 0.05) is 31.9 Å². The quantitative estimate of drug-likeness (QED) is 0.632. The fourth-order valence-electron chi connectivity index (χ4n) is 1.63. The number of hydrogen-bond acceptors (Lipinski definition) is 3. The normalized spacial score (nSPS) is 10.6. The molecule has 0 spiro atoms. The van der Waals surface area contributed by atoms with E-state index in [0.717, 1.165) is 5.56 Å². The van der Waals surface area contributed by atoms with E-state index in [9.17, 15) is 0 Å². The number of rotatable bonds is 4. The van der Waals surface area contributed by atoms with E-state index in [2.05, 4.69) is 0 Å². The molecule has 0 radical (unpaired) electrons. The highest BCUT2D eigenvalue weighted by Crippen LogP contribution is 2.33. The number of nitrogen functional groups attached to an aromatic ring is 1. The SMILES string of the molecule is CC.CCC(OC)(OC)c1ccccc1N. The first-order valence-corrected chi connectivity index (χ1v) is 5.65. The van der Waals surface area contributed by atoms with Crippen molar-refractivity contribution in [1.29, 1.82) is 0 Å². The number of methoxy groups -OCH3 is 2.